The van der Waals surface area contributed by atoms with Gasteiger partial charge in [0.2, 0.25) is 5.88 Å². The van der Waals surface area contributed by atoms with Crippen LogP contribution in [0, 0.1) is 12.7 Å². The number of ether oxygens (including phenoxy) is 1. The highest BCUT2D eigenvalue weighted by molar-refractivity contribution is 8.26. The molecular formula is C24H22FN3O3S2. The summed E-state index contributed by atoms with van der Waals surface area (Å²) in [7, 11) is 0. The fraction of sp³-hybridized carbons (Fsp3) is 0.250. The van der Waals surface area contributed by atoms with Crippen LogP contribution in [0.3, 0.4) is 0 Å². The Bertz CT molecular complexity index is 1340. The number of aromatic nitrogens is 2. The number of carbonyl (C=O) groups excluding carboxylic acids is 1. The van der Waals surface area contributed by atoms with Crippen molar-refractivity contribution in [1.29, 1.82) is 0 Å². The highest BCUT2D eigenvalue weighted by Crippen LogP contribution is 2.34. The van der Waals surface area contributed by atoms with Crippen LogP contribution in [0.15, 0.2) is 52.3 Å². The summed E-state index contributed by atoms with van der Waals surface area (Å²) >= 11 is 6.52. The van der Waals surface area contributed by atoms with Gasteiger partial charge in [-0.25, -0.2) is 4.39 Å². The molecule has 1 aromatic carbocycles. The predicted molar refractivity (Wildman–Crippen MR) is 132 cm³/mol. The summed E-state index contributed by atoms with van der Waals surface area (Å²) in [5.41, 5.74) is 0.765. The number of nitrogens with zero attached hydrogens (tertiary/aromatic N) is 3. The molecule has 0 bridgehead atoms. The van der Waals surface area contributed by atoms with Gasteiger partial charge in [-0.15, -0.1) is 0 Å². The minimum Gasteiger partial charge on any atom is -0.435 e. The van der Waals surface area contributed by atoms with Crippen LogP contribution in [-0.2, 0) is 4.79 Å². The summed E-state index contributed by atoms with van der Waals surface area (Å²) in [6, 6.07) is 9.43. The maximum Gasteiger partial charge on any atom is 0.269 e. The van der Waals surface area contributed by atoms with Crippen LogP contribution in [0.4, 0.5) is 4.39 Å². The summed E-state index contributed by atoms with van der Waals surface area (Å²) in [6.45, 7) is 4.43. The van der Waals surface area contributed by atoms with Crippen molar-refractivity contribution >= 4 is 45.9 Å². The van der Waals surface area contributed by atoms with E-state index < -0.39 is 11.4 Å². The Morgan fingerprint density at radius 3 is 2.73 bits per heavy atom. The molecule has 2 aromatic heterocycles. The second kappa shape index (κ2) is 9.84. The maximum absolute atomic E-state index is 14.3. The molecule has 33 heavy (non-hydrogen) atoms. The molecule has 1 aliphatic rings. The Hall–Kier alpha value is -3.04. The van der Waals surface area contributed by atoms with Crippen molar-refractivity contribution in [3.05, 3.63) is 74.8 Å². The van der Waals surface area contributed by atoms with Crippen LogP contribution in [0.2, 0.25) is 0 Å². The highest BCUT2D eigenvalue weighted by Gasteiger charge is 2.32. The number of hydrogen-bond donors (Lipinski definition) is 0. The molecule has 0 unspecified atom stereocenters. The van der Waals surface area contributed by atoms with Gasteiger partial charge in [-0.05, 0) is 43.2 Å². The molecular weight excluding hydrogens is 461 g/mol. The second-order valence-electron chi connectivity index (χ2n) is 7.59. The molecule has 3 heterocycles. The zero-order valence-corrected chi connectivity index (χ0v) is 19.8. The van der Waals surface area contributed by atoms with Gasteiger partial charge >= 0.3 is 0 Å². The number of aryl methyl sites for hydroxylation is 1. The first-order valence-electron chi connectivity index (χ1n) is 10.6. The fourth-order valence-corrected chi connectivity index (χ4v) is 4.76. The minimum atomic E-state index is -0.586. The molecule has 0 N–H and O–H groups in total. The Balaban J connectivity index is 1.82. The van der Waals surface area contributed by atoms with Gasteiger partial charge in [0.1, 0.15) is 15.5 Å². The molecule has 1 saturated heterocycles. The zero-order chi connectivity index (χ0) is 23.5. The lowest BCUT2D eigenvalue weighted by Gasteiger charge is -2.13. The number of carbonyl (C=O) groups is 1. The number of halogens is 1. The van der Waals surface area contributed by atoms with E-state index in [-0.39, 0.29) is 23.1 Å². The molecule has 3 aromatic rings. The lowest BCUT2D eigenvalue weighted by Crippen LogP contribution is -2.29. The lowest BCUT2D eigenvalue weighted by molar-refractivity contribution is -0.122. The number of fused-ring (bicyclic) bond motifs is 1. The first-order chi connectivity index (χ1) is 15.9. The Morgan fingerprint density at radius 1 is 1.18 bits per heavy atom. The lowest BCUT2D eigenvalue weighted by atomic mass is 10.2. The number of amides is 1. The summed E-state index contributed by atoms with van der Waals surface area (Å²) in [4.78, 5) is 32.7. The Labute approximate surface area is 200 Å². The molecule has 0 saturated carbocycles. The summed E-state index contributed by atoms with van der Waals surface area (Å²) in [5.74, 6) is -0.982. The smallest absolute Gasteiger partial charge is 0.269 e. The van der Waals surface area contributed by atoms with Crippen molar-refractivity contribution in [2.24, 2.45) is 0 Å². The van der Waals surface area contributed by atoms with Crippen LogP contribution < -0.4 is 10.3 Å². The van der Waals surface area contributed by atoms with Gasteiger partial charge in [0.25, 0.3) is 11.5 Å². The quantitative estimate of drug-likeness (QED) is 0.257. The van der Waals surface area contributed by atoms with E-state index >= 15 is 0 Å². The molecule has 0 atom stereocenters. The second-order valence-corrected chi connectivity index (χ2v) is 9.27. The first kappa shape index (κ1) is 23.1. The van der Waals surface area contributed by atoms with Gasteiger partial charge in [0, 0.05) is 12.7 Å². The number of para-hydroxylation sites is 1. The van der Waals surface area contributed by atoms with E-state index in [9.17, 15) is 14.0 Å². The minimum absolute atomic E-state index is 0.0513. The number of thioether (sulfide) groups is 1. The van der Waals surface area contributed by atoms with Crippen molar-refractivity contribution in [2.45, 2.75) is 33.1 Å². The number of benzene rings is 1. The number of rotatable bonds is 7. The molecule has 170 valence electrons. The van der Waals surface area contributed by atoms with Crippen molar-refractivity contribution in [2.75, 3.05) is 6.54 Å². The van der Waals surface area contributed by atoms with E-state index in [1.165, 1.54) is 22.6 Å². The van der Waals surface area contributed by atoms with Crippen LogP contribution in [0.25, 0.3) is 11.7 Å². The van der Waals surface area contributed by atoms with E-state index in [1.807, 2.05) is 13.0 Å². The van der Waals surface area contributed by atoms with Crippen LogP contribution in [-0.4, -0.2) is 31.1 Å². The Morgan fingerprint density at radius 2 is 1.97 bits per heavy atom. The van der Waals surface area contributed by atoms with Gasteiger partial charge in [0.15, 0.2) is 11.6 Å². The van der Waals surface area contributed by atoms with E-state index in [0.717, 1.165) is 36.6 Å². The molecule has 0 spiro atoms. The van der Waals surface area contributed by atoms with Crippen molar-refractivity contribution < 1.29 is 13.9 Å². The third-order valence-electron chi connectivity index (χ3n) is 5.23. The maximum atomic E-state index is 14.3. The van der Waals surface area contributed by atoms with Gasteiger partial charge < -0.3 is 4.74 Å². The number of thiocarbonyl (C=S) groups is 1. The molecule has 1 aliphatic heterocycles. The largest absolute Gasteiger partial charge is 0.435 e. The van der Waals surface area contributed by atoms with Gasteiger partial charge in [0.05, 0.1) is 4.91 Å². The highest BCUT2D eigenvalue weighted by atomic mass is 32.2. The van der Waals surface area contributed by atoms with Crippen molar-refractivity contribution in [3.8, 4) is 11.6 Å². The Kier molecular flexibility index (Phi) is 6.90. The predicted octanol–water partition coefficient (Wildman–Crippen LogP) is 5.33. The zero-order valence-electron chi connectivity index (χ0n) is 18.2. The topological polar surface area (TPSA) is 63.9 Å². The third-order valence-corrected chi connectivity index (χ3v) is 6.60. The number of pyridine rings is 1. The first-order valence-corrected chi connectivity index (χ1v) is 11.8. The molecule has 4 rings (SSSR count). The average Bonchev–Trinajstić information content (AvgIpc) is 3.06. The standard InChI is InChI=1S/C24H22FN3O3S2/c1-3-4-7-12-28-23(30)19(33-24(28)32)14-16-21(31-18-11-6-5-10-17(18)25)26-20-15(2)9-8-13-27(20)22(16)29/h5-6,8-11,13-14H,3-4,7,12H2,1-2H3/b19-14+. The molecule has 1 fully saturated rings. The van der Waals surface area contributed by atoms with E-state index in [1.54, 1.807) is 29.3 Å². The van der Waals surface area contributed by atoms with Gasteiger partial charge in [-0.2, -0.15) is 4.98 Å². The van der Waals surface area contributed by atoms with E-state index in [4.69, 9.17) is 17.0 Å². The number of unbranched alkanes of at least 4 members (excludes halogenated alkanes) is 2. The van der Waals surface area contributed by atoms with Crippen LogP contribution in [0.5, 0.6) is 11.6 Å². The van der Waals surface area contributed by atoms with E-state index in [0.29, 0.717) is 21.4 Å². The van der Waals surface area contributed by atoms with Crippen LogP contribution >= 0.6 is 24.0 Å². The monoisotopic (exact) mass is 483 g/mol. The fourth-order valence-electron chi connectivity index (χ4n) is 3.47. The average molecular weight is 484 g/mol. The van der Waals surface area contributed by atoms with Gasteiger partial charge in [-0.3, -0.25) is 18.9 Å². The van der Waals surface area contributed by atoms with E-state index in [2.05, 4.69) is 11.9 Å². The molecule has 1 amide bonds. The molecule has 6 nitrogen and oxygen atoms in total. The normalized spacial score (nSPS) is 15.1. The third kappa shape index (κ3) is 4.69. The number of hydrogen-bond acceptors (Lipinski definition) is 6. The SMILES string of the molecule is CCCCCN1C(=O)/C(=C\c2c(Oc3ccccc3F)nc3c(C)cccn3c2=O)SC1=S. The van der Waals surface area contributed by atoms with Crippen molar-refractivity contribution in [3.63, 3.8) is 0 Å². The summed E-state index contributed by atoms with van der Waals surface area (Å²) < 4.78 is 21.9. The van der Waals surface area contributed by atoms with Crippen molar-refractivity contribution in [1.82, 2.24) is 14.3 Å². The molecule has 0 aliphatic carbocycles. The summed E-state index contributed by atoms with van der Waals surface area (Å²) in [5, 5.41) is 0. The molecule has 9 heteroatoms. The van der Waals surface area contributed by atoms with Gasteiger partial charge in [-0.1, -0.05) is 61.9 Å². The molecule has 0 radical (unpaired) electrons. The summed E-state index contributed by atoms with van der Waals surface area (Å²) in [6.07, 6.45) is 5.90. The van der Waals surface area contributed by atoms with Crippen LogP contribution in [0.1, 0.15) is 37.3 Å².